The van der Waals surface area contributed by atoms with Crippen molar-refractivity contribution in [2.24, 2.45) is 5.92 Å². The largest absolute Gasteiger partial charge is 0.336 e. The van der Waals surface area contributed by atoms with E-state index in [9.17, 15) is 4.79 Å². The predicted octanol–water partition coefficient (Wildman–Crippen LogP) is 3.19. The zero-order chi connectivity index (χ0) is 14.5. The number of nitrogens with one attached hydrogen (secondary N) is 1. The summed E-state index contributed by atoms with van der Waals surface area (Å²) in [7, 11) is 0. The highest BCUT2D eigenvalue weighted by atomic mass is 35.5. The first kappa shape index (κ1) is 15.3. The van der Waals surface area contributed by atoms with Crippen molar-refractivity contribution >= 4 is 17.5 Å². The lowest BCUT2D eigenvalue weighted by molar-refractivity contribution is 0.0658. The number of amides is 1. The number of hydrogen-bond acceptors (Lipinski definition) is 2. The number of rotatable bonds is 4. The molecule has 0 aromatic heterocycles. The molecular weight excluding hydrogens is 272 g/mol. The molecule has 0 unspecified atom stereocenters. The first-order valence-electron chi connectivity index (χ1n) is 7.36. The van der Waals surface area contributed by atoms with Gasteiger partial charge in [0.1, 0.15) is 0 Å². The predicted molar refractivity (Wildman–Crippen MR) is 83.2 cm³/mol. The maximum Gasteiger partial charge on any atom is 0.255 e. The van der Waals surface area contributed by atoms with Gasteiger partial charge in [0.2, 0.25) is 0 Å². The standard InChI is InChI=1S/C16H23ClN2O/c1-12(2)19(11-13-7-9-18-10-8-13)16(20)14-5-3-4-6-15(14)17/h3-6,12-13,18H,7-11H2,1-2H3. The molecule has 1 saturated heterocycles. The van der Waals surface area contributed by atoms with E-state index < -0.39 is 0 Å². The van der Waals surface area contributed by atoms with Gasteiger partial charge in [0.25, 0.3) is 5.91 Å². The summed E-state index contributed by atoms with van der Waals surface area (Å²) >= 11 is 6.15. The summed E-state index contributed by atoms with van der Waals surface area (Å²) in [6.07, 6.45) is 2.28. The topological polar surface area (TPSA) is 32.3 Å². The maximum absolute atomic E-state index is 12.7. The van der Waals surface area contributed by atoms with Crippen molar-refractivity contribution in [3.8, 4) is 0 Å². The van der Waals surface area contributed by atoms with Crippen LogP contribution in [0.15, 0.2) is 24.3 Å². The van der Waals surface area contributed by atoms with E-state index in [1.165, 1.54) is 0 Å². The minimum Gasteiger partial charge on any atom is -0.336 e. The van der Waals surface area contributed by atoms with Crippen molar-refractivity contribution in [1.29, 1.82) is 0 Å². The Balaban J connectivity index is 2.11. The van der Waals surface area contributed by atoms with Crippen molar-refractivity contribution in [3.63, 3.8) is 0 Å². The number of halogens is 1. The lowest BCUT2D eigenvalue weighted by Crippen LogP contribution is -2.43. The van der Waals surface area contributed by atoms with Crippen LogP contribution in [-0.4, -0.2) is 36.5 Å². The summed E-state index contributed by atoms with van der Waals surface area (Å²) in [5.74, 6) is 0.634. The van der Waals surface area contributed by atoms with E-state index in [0.717, 1.165) is 32.5 Å². The second-order valence-electron chi connectivity index (χ2n) is 5.72. The van der Waals surface area contributed by atoms with E-state index in [0.29, 0.717) is 16.5 Å². The highest BCUT2D eigenvalue weighted by molar-refractivity contribution is 6.33. The van der Waals surface area contributed by atoms with Crippen molar-refractivity contribution in [2.45, 2.75) is 32.7 Å². The summed E-state index contributed by atoms with van der Waals surface area (Å²) in [4.78, 5) is 14.7. The first-order valence-corrected chi connectivity index (χ1v) is 7.73. The molecule has 3 nitrogen and oxygen atoms in total. The summed E-state index contributed by atoms with van der Waals surface area (Å²) < 4.78 is 0. The number of piperidine rings is 1. The molecule has 2 rings (SSSR count). The van der Waals surface area contributed by atoms with Crippen molar-refractivity contribution in [3.05, 3.63) is 34.9 Å². The van der Waals surface area contributed by atoms with Gasteiger partial charge in [-0.15, -0.1) is 0 Å². The third-order valence-electron chi connectivity index (χ3n) is 3.90. The first-order chi connectivity index (χ1) is 9.59. The molecule has 1 aromatic rings. The van der Waals surface area contributed by atoms with Gasteiger partial charge in [0, 0.05) is 12.6 Å². The van der Waals surface area contributed by atoms with Crippen molar-refractivity contribution < 1.29 is 4.79 Å². The molecule has 0 aliphatic carbocycles. The molecule has 20 heavy (non-hydrogen) atoms. The molecule has 1 heterocycles. The molecule has 0 atom stereocenters. The van der Waals surface area contributed by atoms with Crippen molar-refractivity contribution in [2.75, 3.05) is 19.6 Å². The Bertz CT molecular complexity index is 456. The number of benzene rings is 1. The normalized spacial score (nSPS) is 16.4. The van der Waals surface area contributed by atoms with Gasteiger partial charge in [0.15, 0.2) is 0 Å². The summed E-state index contributed by atoms with van der Waals surface area (Å²) in [6.45, 7) is 7.06. The van der Waals surface area contributed by atoms with Crippen molar-refractivity contribution in [1.82, 2.24) is 10.2 Å². The Hall–Kier alpha value is -1.06. The summed E-state index contributed by atoms with van der Waals surface area (Å²) in [6, 6.07) is 7.49. The zero-order valence-electron chi connectivity index (χ0n) is 12.2. The molecule has 4 heteroatoms. The minimum atomic E-state index is 0.0455. The quantitative estimate of drug-likeness (QED) is 0.925. The van der Waals surface area contributed by atoms with E-state index in [1.807, 2.05) is 23.1 Å². The molecule has 1 aliphatic heterocycles. The average molecular weight is 295 g/mol. The minimum absolute atomic E-state index is 0.0455. The molecular formula is C16H23ClN2O. The maximum atomic E-state index is 12.7. The highest BCUT2D eigenvalue weighted by Crippen LogP contribution is 2.21. The van der Waals surface area contributed by atoms with Crippen LogP contribution in [-0.2, 0) is 0 Å². The molecule has 110 valence electrons. The molecule has 0 saturated carbocycles. The van der Waals surface area contributed by atoms with Crippen LogP contribution in [0.3, 0.4) is 0 Å². The summed E-state index contributed by atoms with van der Waals surface area (Å²) in [5, 5.41) is 3.90. The Morgan fingerprint density at radius 3 is 2.60 bits per heavy atom. The Labute approximate surface area is 126 Å². The number of carbonyl (C=O) groups excluding carboxylic acids is 1. The molecule has 0 spiro atoms. The van der Waals surface area contributed by atoms with Crippen LogP contribution in [0.25, 0.3) is 0 Å². The third kappa shape index (κ3) is 3.74. The fourth-order valence-electron chi connectivity index (χ4n) is 2.66. The summed E-state index contributed by atoms with van der Waals surface area (Å²) in [5.41, 5.74) is 0.608. The lowest BCUT2D eigenvalue weighted by atomic mass is 9.96. The van der Waals surface area contributed by atoms with Crippen LogP contribution in [0.2, 0.25) is 5.02 Å². The molecule has 0 radical (unpaired) electrons. The SMILES string of the molecule is CC(C)N(CC1CCNCC1)C(=O)c1ccccc1Cl. The Morgan fingerprint density at radius 2 is 2.00 bits per heavy atom. The van der Waals surface area contributed by atoms with Crippen LogP contribution in [0.5, 0.6) is 0 Å². The van der Waals surface area contributed by atoms with Gasteiger partial charge in [-0.2, -0.15) is 0 Å². The fraction of sp³-hybridized carbons (Fsp3) is 0.562. The number of hydrogen-bond donors (Lipinski definition) is 1. The van der Waals surface area contributed by atoms with Crippen LogP contribution < -0.4 is 5.32 Å². The zero-order valence-corrected chi connectivity index (χ0v) is 13.0. The monoisotopic (exact) mass is 294 g/mol. The fourth-order valence-corrected chi connectivity index (χ4v) is 2.88. The van der Waals surface area contributed by atoms with Gasteiger partial charge in [-0.25, -0.2) is 0 Å². The van der Waals surface area contributed by atoms with E-state index in [1.54, 1.807) is 6.07 Å². The van der Waals surface area contributed by atoms with Gasteiger partial charge in [-0.1, -0.05) is 23.7 Å². The second kappa shape index (κ2) is 7.09. The Kier molecular flexibility index (Phi) is 5.44. The van der Waals surface area contributed by atoms with Gasteiger partial charge in [0.05, 0.1) is 10.6 Å². The van der Waals surface area contributed by atoms with E-state index >= 15 is 0 Å². The molecule has 0 bridgehead atoms. The second-order valence-corrected chi connectivity index (χ2v) is 6.13. The van der Waals surface area contributed by atoms with Gasteiger partial charge in [-0.3, -0.25) is 4.79 Å². The smallest absolute Gasteiger partial charge is 0.255 e. The van der Waals surface area contributed by atoms with Gasteiger partial charge < -0.3 is 10.2 Å². The lowest BCUT2D eigenvalue weighted by Gasteiger charge is -2.33. The number of nitrogens with zero attached hydrogens (tertiary/aromatic N) is 1. The van der Waals surface area contributed by atoms with Gasteiger partial charge >= 0.3 is 0 Å². The van der Waals surface area contributed by atoms with Gasteiger partial charge in [-0.05, 0) is 57.8 Å². The van der Waals surface area contributed by atoms with E-state index in [-0.39, 0.29) is 11.9 Å². The molecule has 1 fully saturated rings. The average Bonchev–Trinajstić information content (AvgIpc) is 2.45. The van der Waals surface area contributed by atoms with E-state index in [4.69, 9.17) is 11.6 Å². The molecule has 1 aromatic carbocycles. The van der Waals surface area contributed by atoms with Crippen LogP contribution in [0.1, 0.15) is 37.0 Å². The van der Waals surface area contributed by atoms with Crippen LogP contribution >= 0.6 is 11.6 Å². The number of carbonyl (C=O) groups is 1. The Morgan fingerprint density at radius 1 is 1.35 bits per heavy atom. The van der Waals surface area contributed by atoms with Crippen LogP contribution in [0, 0.1) is 5.92 Å². The molecule has 1 N–H and O–H groups in total. The van der Waals surface area contributed by atoms with Crippen LogP contribution in [0.4, 0.5) is 0 Å². The molecule has 1 amide bonds. The van der Waals surface area contributed by atoms with E-state index in [2.05, 4.69) is 19.2 Å². The molecule has 1 aliphatic rings. The highest BCUT2D eigenvalue weighted by Gasteiger charge is 2.24. The third-order valence-corrected chi connectivity index (χ3v) is 4.23.